The second-order valence-corrected chi connectivity index (χ2v) is 6.70. The third-order valence-electron chi connectivity index (χ3n) is 3.05. The second-order valence-electron chi connectivity index (χ2n) is 4.92. The van der Waals surface area contributed by atoms with Crippen LogP contribution in [0.4, 0.5) is 0 Å². The van der Waals surface area contributed by atoms with Gasteiger partial charge < -0.3 is 9.79 Å². The molecule has 0 saturated carbocycles. The van der Waals surface area contributed by atoms with Gasteiger partial charge in [-0.15, -0.1) is 0 Å². The number of unbranched alkanes of at least 4 members (excludes halogenated alkanes) is 10. The average Bonchev–Trinajstić information content (AvgIpc) is 2.24. The molecule has 0 spiro atoms. The van der Waals surface area contributed by atoms with Crippen LogP contribution in [0.2, 0.25) is 0 Å². The van der Waals surface area contributed by atoms with Crippen molar-refractivity contribution in [1.29, 1.82) is 0 Å². The van der Waals surface area contributed by atoms with Crippen LogP contribution in [0.15, 0.2) is 0 Å². The molecule has 0 aliphatic heterocycles. The van der Waals surface area contributed by atoms with Crippen LogP contribution in [0.25, 0.3) is 0 Å². The molecule has 0 fully saturated rings. The standard InChI is InChI=1S/C13H29O3P.Cd/c1-2-3-4-5-6-7-8-9-10-11-12-13-17(14,15)16;/h2-13H2,1H3,(H2,14,15,16);. The molecule has 0 heterocycles. The predicted molar refractivity (Wildman–Crippen MR) is 73.4 cm³/mol. The van der Waals surface area contributed by atoms with E-state index in [1.165, 1.54) is 51.4 Å². The van der Waals surface area contributed by atoms with E-state index in [0.29, 0.717) is 6.42 Å². The van der Waals surface area contributed by atoms with Crippen molar-refractivity contribution in [2.24, 2.45) is 0 Å². The first kappa shape index (κ1) is 21.4. The van der Waals surface area contributed by atoms with Crippen molar-refractivity contribution in [3.05, 3.63) is 0 Å². The van der Waals surface area contributed by atoms with Gasteiger partial charge in [0.1, 0.15) is 0 Å². The van der Waals surface area contributed by atoms with Gasteiger partial charge in [0.15, 0.2) is 0 Å². The Morgan fingerprint density at radius 3 is 1.39 bits per heavy atom. The molecule has 18 heavy (non-hydrogen) atoms. The zero-order chi connectivity index (χ0) is 13.0. The summed E-state index contributed by atoms with van der Waals surface area (Å²) in [5, 5.41) is 0. The maximum Gasteiger partial charge on any atom is 0.325 e. The SMILES string of the molecule is CCCCCCCCCCCCCP(=O)(O)O.[Cd]. The maximum absolute atomic E-state index is 10.6. The largest absolute Gasteiger partial charge is 0.325 e. The quantitative estimate of drug-likeness (QED) is 0.300. The number of hydrogen-bond donors (Lipinski definition) is 2. The fourth-order valence-corrected chi connectivity index (χ4v) is 2.62. The number of hydrogen-bond acceptors (Lipinski definition) is 1. The van der Waals surface area contributed by atoms with Crippen LogP contribution >= 0.6 is 7.60 Å². The van der Waals surface area contributed by atoms with Crippen molar-refractivity contribution in [3.8, 4) is 0 Å². The van der Waals surface area contributed by atoms with Crippen LogP contribution in [0, 0.1) is 0 Å². The average molecular weight is 377 g/mol. The Labute approximate surface area is 132 Å². The van der Waals surface area contributed by atoms with Crippen LogP contribution in [0.3, 0.4) is 0 Å². The van der Waals surface area contributed by atoms with Crippen LogP contribution in [0.1, 0.15) is 77.6 Å². The van der Waals surface area contributed by atoms with Crippen molar-refractivity contribution in [3.63, 3.8) is 0 Å². The van der Waals surface area contributed by atoms with Gasteiger partial charge in [-0.2, -0.15) is 0 Å². The van der Waals surface area contributed by atoms with E-state index >= 15 is 0 Å². The summed E-state index contributed by atoms with van der Waals surface area (Å²) in [6, 6.07) is 0. The van der Waals surface area contributed by atoms with Crippen LogP contribution in [0.5, 0.6) is 0 Å². The molecule has 0 rings (SSSR count). The fourth-order valence-electron chi connectivity index (χ4n) is 1.98. The van der Waals surface area contributed by atoms with Gasteiger partial charge >= 0.3 is 7.60 Å². The minimum Gasteiger partial charge on any atom is -0.324 e. The number of rotatable bonds is 12. The first-order valence-corrected chi connectivity index (χ1v) is 8.90. The van der Waals surface area contributed by atoms with Crippen molar-refractivity contribution in [2.45, 2.75) is 77.6 Å². The van der Waals surface area contributed by atoms with Gasteiger partial charge in [-0.1, -0.05) is 71.1 Å². The Bertz CT molecular complexity index is 206. The Morgan fingerprint density at radius 1 is 0.722 bits per heavy atom. The molecule has 0 aliphatic carbocycles. The summed E-state index contributed by atoms with van der Waals surface area (Å²) in [5.74, 6) is 0. The van der Waals surface area contributed by atoms with Crippen molar-refractivity contribution < 1.29 is 41.7 Å². The van der Waals surface area contributed by atoms with Gasteiger partial charge in [0.05, 0.1) is 0 Å². The Hall–Kier alpha value is 1.07. The summed E-state index contributed by atoms with van der Waals surface area (Å²) < 4.78 is 10.6. The van der Waals surface area contributed by atoms with Crippen molar-refractivity contribution in [1.82, 2.24) is 0 Å². The van der Waals surface area contributed by atoms with Crippen LogP contribution in [-0.4, -0.2) is 15.9 Å². The molecule has 106 valence electrons. The van der Waals surface area contributed by atoms with E-state index in [4.69, 9.17) is 9.79 Å². The molecule has 0 aliphatic rings. The molecular formula is C13H29CdO3P. The van der Waals surface area contributed by atoms with Crippen LogP contribution in [-0.2, 0) is 31.9 Å². The van der Waals surface area contributed by atoms with Gasteiger partial charge in [0, 0.05) is 33.5 Å². The normalized spacial score (nSPS) is 11.3. The topological polar surface area (TPSA) is 57.5 Å². The van der Waals surface area contributed by atoms with Gasteiger partial charge in [-0.05, 0) is 6.42 Å². The summed E-state index contributed by atoms with van der Waals surface area (Å²) in [6.45, 7) is 2.23. The smallest absolute Gasteiger partial charge is 0.324 e. The van der Waals surface area contributed by atoms with E-state index in [1.54, 1.807) is 0 Å². The molecule has 3 nitrogen and oxygen atoms in total. The summed E-state index contributed by atoms with van der Waals surface area (Å²) >= 11 is 0. The molecule has 0 saturated heterocycles. The Morgan fingerprint density at radius 2 is 1.06 bits per heavy atom. The zero-order valence-electron chi connectivity index (χ0n) is 11.9. The molecule has 0 aromatic carbocycles. The maximum atomic E-state index is 10.6. The van der Waals surface area contributed by atoms with E-state index in [1.807, 2.05) is 0 Å². The molecule has 0 aromatic rings. The second kappa shape index (κ2) is 14.5. The van der Waals surface area contributed by atoms with Gasteiger partial charge in [0.25, 0.3) is 0 Å². The summed E-state index contributed by atoms with van der Waals surface area (Å²) in [7, 11) is -3.74. The molecule has 5 heteroatoms. The van der Waals surface area contributed by atoms with E-state index in [-0.39, 0.29) is 33.5 Å². The molecule has 0 unspecified atom stereocenters. The molecule has 0 amide bonds. The Balaban J connectivity index is 0. The third kappa shape index (κ3) is 19.4. The summed E-state index contributed by atoms with van der Waals surface area (Å²) in [5.41, 5.74) is 0. The Kier molecular flexibility index (Phi) is 17.2. The van der Waals surface area contributed by atoms with Gasteiger partial charge in [0.2, 0.25) is 0 Å². The predicted octanol–water partition coefficient (Wildman–Crippen LogP) is 4.47. The van der Waals surface area contributed by atoms with E-state index in [2.05, 4.69) is 6.92 Å². The van der Waals surface area contributed by atoms with Gasteiger partial charge in [-0.3, -0.25) is 4.57 Å². The summed E-state index contributed by atoms with van der Waals surface area (Å²) in [4.78, 5) is 17.3. The minimum absolute atomic E-state index is 0. The molecule has 2 N–H and O–H groups in total. The molecule has 0 radical (unpaired) electrons. The fraction of sp³-hybridized carbons (Fsp3) is 1.00. The molecule has 0 atom stereocenters. The molecule has 0 aromatic heterocycles. The summed E-state index contributed by atoms with van der Waals surface area (Å²) in [6.07, 6.45) is 13.4. The first-order chi connectivity index (χ1) is 8.06. The van der Waals surface area contributed by atoms with E-state index in [9.17, 15) is 4.57 Å². The monoisotopic (exact) mass is 378 g/mol. The van der Waals surface area contributed by atoms with Crippen molar-refractivity contribution in [2.75, 3.05) is 6.16 Å². The zero-order valence-corrected chi connectivity index (χ0v) is 16.9. The first-order valence-electron chi connectivity index (χ1n) is 7.11. The van der Waals surface area contributed by atoms with E-state index < -0.39 is 7.60 Å². The third-order valence-corrected chi connectivity index (χ3v) is 3.95. The minimum atomic E-state index is -3.74. The van der Waals surface area contributed by atoms with E-state index in [0.717, 1.165) is 12.8 Å². The molecule has 0 bridgehead atoms. The van der Waals surface area contributed by atoms with Crippen molar-refractivity contribution >= 4 is 7.60 Å². The van der Waals surface area contributed by atoms with Crippen LogP contribution < -0.4 is 0 Å². The molecular weight excluding hydrogens is 348 g/mol. The van der Waals surface area contributed by atoms with Gasteiger partial charge in [-0.25, -0.2) is 0 Å².